The lowest BCUT2D eigenvalue weighted by atomic mass is 10.1. The Morgan fingerprint density at radius 1 is 1.47 bits per heavy atom. The highest BCUT2D eigenvalue weighted by molar-refractivity contribution is 9.10. The molecule has 1 unspecified atom stereocenters. The molecule has 0 saturated heterocycles. The highest BCUT2D eigenvalue weighted by Crippen LogP contribution is 2.31. The van der Waals surface area contributed by atoms with Crippen LogP contribution in [-0.4, -0.2) is 14.9 Å². The highest BCUT2D eigenvalue weighted by Gasteiger charge is 2.15. The zero-order chi connectivity index (χ0) is 12.4. The molecule has 17 heavy (non-hydrogen) atoms. The van der Waals surface area contributed by atoms with Crippen LogP contribution in [0.1, 0.15) is 17.4 Å². The van der Waals surface area contributed by atoms with Crippen molar-refractivity contribution in [2.24, 2.45) is 7.05 Å². The molecule has 0 saturated carbocycles. The van der Waals surface area contributed by atoms with E-state index in [0.29, 0.717) is 17.0 Å². The van der Waals surface area contributed by atoms with Crippen LogP contribution >= 0.6 is 27.5 Å². The van der Waals surface area contributed by atoms with Gasteiger partial charge in [-0.2, -0.15) is 5.10 Å². The van der Waals surface area contributed by atoms with E-state index in [9.17, 15) is 5.11 Å². The van der Waals surface area contributed by atoms with Crippen LogP contribution in [0.5, 0.6) is 0 Å². The van der Waals surface area contributed by atoms with Crippen LogP contribution in [0.2, 0.25) is 5.02 Å². The number of halogens is 2. The second-order valence-corrected chi connectivity index (χ2v) is 5.08. The standard InChI is InChI=1S/C12H12BrClN2O/c1-16-6-5-8(15-16)7-11(17)9-3-2-4-10(13)12(9)14/h2-6,11,17H,7H2,1H3. The summed E-state index contributed by atoms with van der Waals surface area (Å²) in [6.07, 6.45) is 1.66. The van der Waals surface area contributed by atoms with Gasteiger partial charge in [0.25, 0.3) is 0 Å². The minimum absolute atomic E-state index is 0.455. The summed E-state index contributed by atoms with van der Waals surface area (Å²) in [6.45, 7) is 0. The van der Waals surface area contributed by atoms with Gasteiger partial charge in [0, 0.05) is 29.7 Å². The van der Waals surface area contributed by atoms with Crippen LogP contribution < -0.4 is 0 Å². The van der Waals surface area contributed by atoms with Crippen LogP contribution in [0.3, 0.4) is 0 Å². The fourth-order valence-corrected chi connectivity index (χ4v) is 2.29. The smallest absolute Gasteiger partial charge is 0.0860 e. The Balaban J connectivity index is 2.20. The summed E-state index contributed by atoms with van der Waals surface area (Å²) in [5, 5.41) is 14.9. The molecule has 1 aromatic carbocycles. The lowest BCUT2D eigenvalue weighted by Crippen LogP contribution is -2.04. The molecule has 3 nitrogen and oxygen atoms in total. The lowest BCUT2D eigenvalue weighted by Gasteiger charge is -2.12. The van der Waals surface area contributed by atoms with E-state index < -0.39 is 6.10 Å². The number of benzene rings is 1. The van der Waals surface area contributed by atoms with Gasteiger partial charge in [-0.25, -0.2) is 0 Å². The van der Waals surface area contributed by atoms with Crippen LogP contribution in [-0.2, 0) is 13.5 Å². The molecule has 0 aliphatic heterocycles. The fraction of sp³-hybridized carbons (Fsp3) is 0.250. The van der Waals surface area contributed by atoms with Gasteiger partial charge in [-0.15, -0.1) is 0 Å². The molecule has 2 rings (SSSR count). The molecule has 90 valence electrons. The summed E-state index contributed by atoms with van der Waals surface area (Å²) >= 11 is 9.47. The van der Waals surface area contributed by atoms with Crippen molar-refractivity contribution in [2.45, 2.75) is 12.5 Å². The number of aliphatic hydroxyl groups is 1. The maximum atomic E-state index is 10.1. The van der Waals surface area contributed by atoms with Crippen molar-refractivity contribution in [3.8, 4) is 0 Å². The van der Waals surface area contributed by atoms with Crippen LogP contribution in [0.25, 0.3) is 0 Å². The van der Waals surface area contributed by atoms with Gasteiger partial charge < -0.3 is 5.11 Å². The first-order chi connectivity index (χ1) is 8.08. The van der Waals surface area contributed by atoms with Gasteiger partial charge in [0.2, 0.25) is 0 Å². The molecule has 0 bridgehead atoms. The molecular formula is C12H12BrClN2O. The second-order valence-electron chi connectivity index (χ2n) is 3.84. The number of hydrogen-bond donors (Lipinski definition) is 1. The summed E-state index contributed by atoms with van der Waals surface area (Å²) in [5.74, 6) is 0. The lowest BCUT2D eigenvalue weighted by molar-refractivity contribution is 0.177. The Hall–Kier alpha value is -0.840. The van der Waals surface area contributed by atoms with E-state index in [2.05, 4.69) is 21.0 Å². The van der Waals surface area contributed by atoms with Gasteiger partial charge in [0.05, 0.1) is 16.8 Å². The third kappa shape index (κ3) is 2.89. The van der Waals surface area contributed by atoms with Crippen LogP contribution in [0.15, 0.2) is 34.9 Å². The van der Waals surface area contributed by atoms with Gasteiger partial charge in [0.15, 0.2) is 0 Å². The van der Waals surface area contributed by atoms with Gasteiger partial charge in [0.1, 0.15) is 0 Å². The third-order valence-electron chi connectivity index (χ3n) is 2.51. The number of hydrogen-bond acceptors (Lipinski definition) is 2. The molecule has 5 heteroatoms. The van der Waals surface area contributed by atoms with Gasteiger partial charge in [-0.1, -0.05) is 23.7 Å². The number of nitrogens with zero attached hydrogens (tertiary/aromatic N) is 2. The zero-order valence-electron chi connectivity index (χ0n) is 9.27. The average molecular weight is 316 g/mol. The van der Waals surface area contributed by atoms with E-state index in [-0.39, 0.29) is 0 Å². The molecule has 0 aliphatic carbocycles. The number of aromatic nitrogens is 2. The normalized spacial score (nSPS) is 12.7. The Bertz CT molecular complexity index is 527. The molecule has 2 aromatic rings. The maximum absolute atomic E-state index is 10.1. The van der Waals surface area contributed by atoms with Gasteiger partial charge in [-0.3, -0.25) is 4.68 Å². The van der Waals surface area contributed by atoms with E-state index >= 15 is 0 Å². The summed E-state index contributed by atoms with van der Waals surface area (Å²) in [6, 6.07) is 7.40. The SMILES string of the molecule is Cn1ccc(CC(O)c2cccc(Br)c2Cl)n1. The van der Waals surface area contributed by atoms with Gasteiger partial charge >= 0.3 is 0 Å². The minimum atomic E-state index is -0.644. The topological polar surface area (TPSA) is 38.0 Å². The molecular weight excluding hydrogens is 304 g/mol. The Morgan fingerprint density at radius 2 is 2.24 bits per heavy atom. The predicted molar refractivity (Wildman–Crippen MR) is 71.0 cm³/mol. The van der Waals surface area contributed by atoms with Crippen molar-refractivity contribution < 1.29 is 5.11 Å². The van der Waals surface area contributed by atoms with Crippen molar-refractivity contribution >= 4 is 27.5 Å². The molecule has 0 fully saturated rings. The molecule has 0 aliphatic rings. The first-order valence-electron chi connectivity index (χ1n) is 5.18. The van der Waals surface area contributed by atoms with Crippen molar-refractivity contribution in [1.29, 1.82) is 0 Å². The van der Waals surface area contributed by atoms with Gasteiger partial charge in [-0.05, 0) is 28.1 Å². The Morgan fingerprint density at radius 3 is 2.88 bits per heavy atom. The molecule has 1 heterocycles. The largest absolute Gasteiger partial charge is 0.388 e. The number of rotatable bonds is 3. The molecule has 0 amide bonds. The number of aliphatic hydroxyl groups excluding tert-OH is 1. The summed E-state index contributed by atoms with van der Waals surface area (Å²) in [4.78, 5) is 0. The van der Waals surface area contributed by atoms with Crippen LogP contribution in [0.4, 0.5) is 0 Å². The average Bonchev–Trinajstić information content (AvgIpc) is 2.68. The Kier molecular flexibility index (Phi) is 3.86. The molecule has 1 aromatic heterocycles. The Labute approximate surface area is 113 Å². The first kappa shape index (κ1) is 12.6. The van der Waals surface area contributed by atoms with E-state index in [1.54, 1.807) is 4.68 Å². The van der Waals surface area contributed by atoms with Crippen molar-refractivity contribution in [3.05, 3.63) is 51.2 Å². The number of aryl methyl sites for hydroxylation is 1. The quantitative estimate of drug-likeness (QED) is 0.945. The van der Waals surface area contributed by atoms with E-state index in [1.165, 1.54) is 0 Å². The minimum Gasteiger partial charge on any atom is -0.388 e. The van der Waals surface area contributed by atoms with E-state index in [0.717, 1.165) is 10.2 Å². The predicted octanol–water partition coefficient (Wildman–Crippen LogP) is 3.11. The second kappa shape index (κ2) is 5.21. The van der Waals surface area contributed by atoms with E-state index in [4.69, 9.17) is 11.6 Å². The zero-order valence-corrected chi connectivity index (χ0v) is 11.6. The molecule has 1 N–H and O–H groups in total. The third-order valence-corrected chi connectivity index (χ3v) is 3.82. The van der Waals surface area contributed by atoms with Crippen molar-refractivity contribution in [1.82, 2.24) is 9.78 Å². The molecule has 1 atom stereocenters. The highest BCUT2D eigenvalue weighted by atomic mass is 79.9. The van der Waals surface area contributed by atoms with Crippen molar-refractivity contribution in [2.75, 3.05) is 0 Å². The monoisotopic (exact) mass is 314 g/mol. The van der Waals surface area contributed by atoms with Crippen LogP contribution in [0, 0.1) is 0 Å². The van der Waals surface area contributed by atoms with Crippen molar-refractivity contribution in [3.63, 3.8) is 0 Å². The fourth-order valence-electron chi connectivity index (χ4n) is 1.66. The maximum Gasteiger partial charge on any atom is 0.0860 e. The molecule has 0 radical (unpaired) electrons. The summed E-state index contributed by atoms with van der Waals surface area (Å²) < 4.78 is 2.50. The first-order valence-corrected chi connectivity index (χ1v) is 6.35. The molecule has 0 spiro atoms. The summed E-state index contributed by atoms with van der Waals surface area (Å²) in [5.41, 5.74) is 1.56. The van der Waals surface area contributed by atoms with E-state index in [1.807, 2.05) is 37.5 Å². The summed E-state index contributed by atoms with van der Waals surface area (Å²) in [7, 11) is 1.85.